The Morgan fingerprint density at radius 3 is 2.60 bits per heavy atom. The Hall–Kier alpha value is -2.02. The Morgan fingerprint density at radius 2 is 2.05 bits per heavy atom. The van der Waals surface area contributed by atoms with Gasteiger partial charge in [0.15, 0.2) is 10.8 Å². The lowest BCUT2D eigenvalue weighted by atomic mass is 10.2. The highest BCUT2D eigenvalue weighted by atomic mass is 32.1. The molecule has 0 aromatic carbocycles. The fourth-order valence-electron chi connectivity index (χ4n) is 1.60. The van der Waals surface area contributed by atoms with Gasteiger partial charge >= 0.3 is 0 Å². The van der Waals surface area contributed by atoms with Crippen molar-refractivity contribution < 1.29 is 4.79 Å². The molecule has 20 heavy (non-hydrogen) atoms. The maximum absolute atomic E-state index is 12.3. The summed E-state index contributed by atoms with van der Waals surface area (Å²) in [6, 6.07) is 0. The molecule has 0 aliphatic carbocycles. The number of nitrogens with zero attached hydrogens (tertiary/aromatic N) is 3. The van der Waals surface area contributed by atoms with Gasteiger partial charge in [0.25, 0.3) is 5.91 Å². The van der Waals surface area contributed by atoms with Crippen LogP contribution in [0.25, 0.3) is 0 Å². The molecule has 2 heterocycles. The fourth-order valence-corrected chi connectivity index (χ4v) is 2.26. The zero-order chi connectivity index (χ0) is 14.7. The Balaban J connectivity index is 2.29. The number of anilines is 2. The van der Waals surface area contributed by atoms with Crippen molar-refractivity contribution in [2.75, 3.05) is 17.7 Å². The highest BCUT2D eigenvalue weighted by Gasteiger charge is 2.17. The molecule has 2 N–H and O–H groups in total. The summed E-state index contributed by atoms with van der Waals surface area (Å²) in [6.45, 7) is 5.91. The minimum Gasteiger partial charge on any atom is -0.385 e. The van der Waals surface area contributed by atoms with Gasteiger partial charge in [0.2, 0.25) is 0 Å². The van der Waals surface area contributed by atoms with Gasteiger partial charge in [-0.3, -0.25) is 10.1 Å². The molecule has 0 spiro atoms. The summed E-state index contributed by atoms with van der Waals surface area (Å²) in [4.78, 5) is 26.0. The highest BCUT2D eigenvalue weighted by molar-refractivity contribution is 7.15. The van der Waals surface area contributed by atoms with Crippen molar-refractivity contribution >= 4 is 28.1 Å². The van der Waals surface area contributed by atoms with Crippen molar-refractivity contribution in [2.45, 2.75) is 26.7 Å². The zero-order valence-electron chi connectivity index (χ0n) is 11.9. The second-order valence-corrected chi connectivity index (χ2v) is 5.86. The lowest BCUT2D eigenvalue weighted by Gasteiger charge is -2.10. The van der Waals surface area contributed by atoms with E-state index < -0.39 is 0 Å². The van der Waals surface area contributed by atoms with Crippen molar-refractivity contribution in [3.8, 4) is 0 Å². The summed E-state index contributed by atoms with van der Waals surface area (Å²) < 4.78 is 0. The quantitative estimate of drug-likeness (QED) is 0.905. The first-order valence-corrected chi connectivity index (χ1v) is 7.11. The minimum atomic E-state index is -0.284. The van der Waals surface area contributed by atoms with Crippen molar-refractivity contribution in [3.05, 3.63) is 28.8 Å². The van der Waals surface area contributed by atoms with Crippen LogP contribution in [0.1, 0.15) is 41.0 Å². The molecule has 7 heteroatoms. The van der Waals surface area contributed by atoms with E-state index >= 15 is 0 Å². The third-order valence-electron chi connectivity index (χ3n) is 2.65. The summed E-state index contributed by atoms with van der Waals surface area (Å²) >= 11 is 1.43. The van der Waals surface area contributed by atoms with Gasteiger partial charge in [-0.1, -0.05) is 13.8 Å². The van der Waals surface area contributed by atoms with E-state index in [0.717, 1.165) is 4.88 Å². The molecule has 6 nitrogen and oxygen atoms in total. The molecule has 0 aliphatic heterocycles. The summed E-state index contributed by atoms with van der Waals surface area (Å²) in [5.41, 5.74) is 0.930. The van der Waals surface area contributed by atoms with E-state index in [9.17, 15) is 4.79 Å². The van der Waals surface area contributed by atoms with Gasteiger partial charge in [-0.2, -0.15) is 0 Å². The average molecular weight is 291 g/mol. The number of aromatic nitrogens is 3. The topological polar surface area (TPSA) is 79.8 Å². The van der Waals surface area contributed by atoms with Crippen LogP contribution >= 0.6 is 11.3 Å². The maximum Gasteiger partial charge on any atom is 0.278 e. The van der Waals surface area contributed by atoms with Gasteiger partial charge in [0, 0.05) is 24.0 Å². The van der Waals surface area contributed by atoms with Gasteiger partial charge in [-0.15, -0.1) is 11.3 Å². The van der Waals surface area contributed by atoms with Crippen LogP contribution in [-0.2, 0) is 0 Å². The Labute approximate surface area is 121 Å². The number of aryl methyl sites for hydroxylation is 1. The first kappa shape index (κ1) is 14.4. The first-order chi connectivity index (χ1) is 9.51. The average Bonchev–Trinajstić information content (AvgIpc) is 2.83. The van der Waals surface area contributed by atoms with Crippen LogP contribution in [0, 0.1) is 6.92 Å². The molecule has 0 atom stereocenters. The standard InChI is InChI=1S/C13H17N5OS/c1-7(2)11-15-6-9(14-4)10(17-11)12(19)18-13-16-5-8(3)20-13/h5-7,14H,1-4H3,(H,16,18,19). The van der Waals surface area contributed by atoms with E-state index in [-0.39, 0.29) is 11.8 Å². The molecular formula is C13H17N5OS. The number of thiazole rings is 1. The van der Waals surface area contributed by atoms with Crippen LogP contribution in [0.5, 0.6) is 0 Å². The largest absolute Gasteiger partial charge is 0.385 e. The lowest BCUT2D eigenvalue weighted by molar-refractivity contribution is 0.102. The highest BCUT2D eigenvalue weighted by Crippen LogP contribution is 2.20. The number of nitrogens with one attached hydrogen (secondary N) is 2. The van der Waals surface area contributed by atoms with Gasteiger partial charge in [0.1, 0.15) is 5.82 Å². The molecule has 0 saturated carbocycles. The van der Waals surface area contributed by atoms with Crippen LogP contribution in [-0.4, -0.2) is 27.9 Å². The predicted octanol–water partition coefficient (Wildman–Crippen LogP) is 2.66. The van der Waals surface area contributed by atoms with Crippen LogP contribution in [0.15, 0.2) is 12.4 Å². The van der Waals surface area contributed by atoms with E-state index in [2.05, 4.69) is 25.6 Å². The predicted molar refractivity (Wildman–Crippen MR) is 80.5 cm³/mol. The van der Waals surface area contributed by atoms with E-state index in [1.165, 1.54) is 11.3 Å². The monoisotopic (exact) mass is 291 g/mol. The van der Waals surface area contributed by atoms with Crippen molar-refractivity contribution in [1.82, 2.24) is 15.0 Å². The molecule has 2 aromatic heterocycles. The lowest BCUT2D eigenvalue weighted by Crippen LogP contribution is -2.17. The van der Waals surface area contributed by atoms with Gasteiger partial charge in [-0.05, 0) is 6.92 Å². The number of rotatable bonds is 4. The second-order valence-electron chi connectivity index (χ2n) is 4.63. The number of hydrogen-bond acceptors (Lipinski definition) is 6. The van der Waals surface area contributed by atoms with Gasteiger partial charge in [0.05, 0.1) is 11.9 Å². The number of carbonyl (C=O) groups excluding carboxylic acids is 1. The summed E-state index contributed by atoms with van der Waals surface area (Å²) in [6.07, 6.45) is 3.35. The van der Waals surface area contributed by atoms with Crippen molar-refractivity contribution in [1.29, 1.82) is 0 Å². The number of amides is 1. The molecule has 0 radical (unpaired) electrons. The molecule has 0 saturated heterocycles. The smallest absolute Gasteiger partial charge is 0.278 e. The normalized spacial score (nSPS) is 10.7. The van der Waals surface area contributed by atoms with E-state index in [0.29, 0.717) is 22.3 Å². The molecule has 0 unspecified atom stereocenters. The Bertz CT molecular complexity index is 623. The van der Waals surface area contributed by atoms with Crippen LogP contribution in [0.3, 0.4) is 0 Å². The molecule has 0 fully saturated rings. The first-order valence-electron chi connectivity index (χ1n) is 6.29. The summed E-state index contributed by atoms with van der Waals surface area (Å²) in [7, 11) is 1.73. The number of hydrogen-bond donors (Lipinski definition) is 2. The SMILES string of the molecule is CNc1cnc(C(C)C)nc1C(=O)Nc1ncc(C)s1. The maximum atomic E-state index is 12.3. The second kappa shape index (κ2) is 5.96. The van der Waals surface area contributed by atoms with Crippen molar-refractivity contribution in [2.24, 2.45) is 0 Å². The molecule has 106 valence electrons. The molecule has 1 amide bonds. The molecule has 0 aliphatic rings. The van der Waals surface area contributed by atoms with E-state index in [1.807, 2.05) is 20.8 Å². The molecule has 0 bridgehead atoms. The van der Waals surface area contributed by atoms with Gasteiger partial charge in [-0.25, -0.2) is 15.0 Å². The molecular weight excluding hydrogens is 274 g/mol. The van der Waals surface area contributed by atoms with Crippen LogP contribution < -0.4 is 10.6 Å². The molecule has 2 rings (SSSR count). The third-order valence-corrected chi connectivity index (χ3v) is 3.48. The Morgan fingerprint density at radius 1 is 1.30 bits per heavy atom. The van der Waals surface area contributed by atoms with Crippen LogP contribution in [0.2, 0.25) is 0 Å². The summed E-state index contributed by atoms with van der Waals surface area (Å²) in [5.74, 6) is 0.520. The fraction of sp³-hybridized carbons (Fsp3) is 0.385. The van der Waals surface area contributed by atoms with Gasteiger partial charge < -0.3 is 5.32 Å². The zero-order valence-corrected chi connectivity index (χ0v) is 12.7. The van der Waals surface area contributed by atoms with Crippen LogP contribution in [0.4, 0.5) is 10.8 Å². The third kappa shape index (κ3) is 3.11. The summed E-state index contributed by atoms with van der Waals surface area (Å²) in [5, 5.41) is 6.26. The Kier molecular flexibility index (Phi) is 4.29. The minimum absolute atomic E-state index is 0.162. The van der Waals surface area contributed by atoms with E-state index in [1.54, 1.807) is 19.4 Å². The van der Waals surface area contributed by atoms with Crippen molar-refractivity contribution in [3.63, 3.8) is 0 Å². The molecule has 2 aromatic rings. The number of carbonyl (C=O) groups is 1. The van der Waals surface area contributed by atoms with E-state index in [4.69, 9.17) is 0 Å².